The number of rotatable bonds is 7. The van der Waals surface area contributed by atoms with Crippen LogP contribution in [0.5, 0.6) is 11.5 Å². The topological polar surface area (TPSA) is 86.5 Å². The molecule has 2 aromatic carbocycles. The number of benzene rings is 2. The highest BCUT2D eigenvalue weighted by atomic mass is 16.5. The summed E-state index contributed by atoms with van der Waals surface area (Å²) in [5.74, 6) is 1.43. The van der Waals surface area contributed by atoms with Crippen LogP contribution >= 0.6 is 0 Å². The minimum Gasteiger partial charge on any atom is -0.494 e. The summed E-state index contributed by atoms with van der Waals surface area (Å²) in [5.41, 5.74) is 3.00. The van der Waals surface area contributed by atoms with Crippen molar-refractivity contribution in [2.24, 2.45) is 0 Å². The molecule has 1 N–H and O–H groups in total. The summed E-state index contributed by atoms with van der Waals surface area (Å²) in [6, 6.07) is 12.9. The molecule has 3 rings (SSSR count). The zero-order chi connectivity index (χ0) is 19.2. The van der Waals surface area contributed by atoms with Gasteiger partial charge in [-0.05, 0) is 73.5 Å². The van der Waals surface area contributed by atoms with Gasteiger partial charge in [-0.15, -0.1) is 0 Å². The van der Waals surface area contributed by atoms with Crippen molar-refractivity contribution in [3.63, 3.8) is 0 Å². The van der Waals surface area contributed by atoms with Crippen LogP contribution in [0.1, 0.15) is 18.1 Å². The van der Waals surface area contributed by atoms with Gasteiger partial charge in [0.15, 0.2) is 6.61 Å². The maximum Gasteiger partial charge on any atom is 0.270 e. The number of nitrogens with one attached hydrogen (secondary N) is 1. The number of ether oxygens (including phenoxy) is 2. The van der Waals surface area contributed by atoms with Gasteiger partial charge in [0.1, 0.15) is 11.5 Å². The maximum atomic E-state index is 12.0. The minimum absolute atomic E-state index is 0.0903. The van der Waals surface area contributed by atoms with Crippen molar-refractivity contribution in [3.05, 3.63) is 53.6 Å². The maximum absolute atomic E-state index is 12.0. The molecule has 0 aliphatic heterocycles. The van der Waals surface area contributed by atoms with Crippen LogP contribution in [0.2, 0.25) is 0 Å². The molecule has 1 aromatic heterocycles. The second kappa shape index (κ2) is 8.35. The van der Waals surface area contributed by atoms with Crippen LogP contribution in [-0.2, 0) is 4.79 Å². The molecule has 0 saturated heterocycles. The first kappa shape index (κ1) is 18.4. The van der Waals surface area contributed by atoms with Gasteiger partial charge in [0.05, 0.1) is 6.61 Å². The quantitative estimate of drug-likeness (QED) is 0.684. The Morgan fingerprint density at radius 1 is 1.04 bits per heavy atom. The summed E-state index contributed by atoms with van der Waals surface area (Å²) in [5, 5.41) is 6.32. The molecule has 0 aliphatic rings. The first-order chi connectivity index (χ1) is 13.0. The van der Waals surface area contributed by atoms with E-state index in [0.717, 1.165) is 16.9 Å². The van der Waals surface area contributed by atoms with Gasteiger partial charge < -0.3 is 14.0 Å². The van der Waals surface area contributed by atoms with Gasteiger partial charge in [-0.25, -0.2) is 0 Å². The van der Waals surface area contributed by atoms with Crippen LogP contribution in [0.25, 0.3) is 11.5 Å². The largest absolute Gasteiger partial charge is 0.494 e. The van der Waals surface area contributed by atoms with E-state index in [2.05, 4.69) is 15.5 Å². The Kier molecular flexibility index (Phi) is 5.71. The van der Waals surface area contributed by atoms with Crippen molar-refractivity contribution in [1.29, 1.82) is 0 Å². The SMILES string of the molecule is CCOc1ccc(-c2nc(NC(=O)COc3ccc(C)c(C)c3)no2)cc1. The molecule has 0 spiro atoms. The Morgan fingerprint density at radius 3 is 2.48 bits per heavy atom. The Morgan fingerprint density at radius 2 is 1.78 bits per heavy atom. The van der Waals surface area contributed by atoms with Crippen molar-refractivity contribution in [3.8, 4) is 23.0 Å². The molecule has 0 unspecified atom stereocenters. The smallest absolute Gasteiger partial charge is 0.270 e. The predicted octanol–water partition coefficient (Wildman–Crippen LogP) is 3.77. The lowest BCUT2D eigenvalue weighted by Gasteiger charge is -2.07. The highest BCUT2D eigenvalue weighted by Crippen LogP contribution is 2.22. The number of carbonyl (C=O) groups is 1. The number of aryl methyl sites for hydroxylation is 2. The zero-order valence-corrected chi connectivity index (χ0v) is 15.5. The van der Waals surface area contributed by atoms with Crippen LogP contribution in [0.15, 0.2) is 47.0 Å². The Labute approximate surface area is 157 Å². The van der Waals surface area contributed by atoms with E-state index in [-0.39, 0.29) is 18.5 Å². The summed E-state index contributed by atoms with van der Waals surface area (Å²) in [6.45, 7) is 6.38. The van der Waals surface area contributed by atoms with E-state index in [0.29, 0.717) is 18.2 Å². The molecule has 0 aliphatic carbocycles. The predicted molar refractivity (Wildman–Crippen MR) is 101 cm³/mol. The minimum atomic E-state index is -0.368. The van der Waals surface area contributed by atoms with Gasteiger partial charge in [0.2, 0.25) is 0 Å². The third kappa shape index (κ3) is 4.84. The normalized spacial score (nSPS) is 10.5. The first-order valence-electron chi connectivity index (χ1n) is 8.62. The molecule has 0 saturated carbocycles. The molecule has 140 valence electrons. The van der Waals surface area contributed by atoms with E-state index < -0.39 is 0 Å². The van der Waals surface area contributed by atoms with Gasteiger partial charge in [0, 0.05) is 5.56 Å². The Balaban J connectivity index is 1.56. The Bertz CT molecular complexity index is 919. The monoisotopic (exact) mass is 367 g/mol. The highest BCUT2D eigenvalue weighted by molar-refractivity contribution is 5.90. The lowest BCUT2D eigenvalue weighted by molar-refractivity contribution is -0.118. The summed E-state index contributed by atoms with van der Waals surface area (Å²) < 4.78 is 16.1. The standard InChI is InChI=1S/C20H21N3O4/c1-4-25-16-9-6-15(7-10-16)19-22-20(23-27-19)21-18(24)12-26-17-8-5-13(2)14(3)11-17/h5-11H,4,12H2,1-3H3,(H,21,23,24). The molecule has 0 fully saturated rings. The molecule has 1 amide bonds. The number of amides is 1. The van der Waals surface area contributed by atoms with Crippen LogP contribution < -0.4 is 14.8 Å². The lowest BCUT2D eigenvalue weighted by Crippen LogP contribution is -2.20. The fraction of sp³-hybridized carbons (Fsp3) is 0.250. The van der Waals surface area contributed by atoms with Crippen LogP contribution in [-0.4, -0.2) is 29.3 Å². The van der Waals surface area contributed by atoms with E-state index >= 15 is 0 Å². The summed E-state index contributed by atoms with van der Waals surface area (Å²) in [7, 11) is 0. The number of anilines is 1. The van der Waals surface area contributed by atoms with Crippen LogP contribution in [0, 0.1) is 13.8 Å². The summed E-state index contributed by atoms with van der Waals surface area (Å²) in [4.78, 5) is 16.2. The molecule has 7 nitrogen and oxygen atoms in total. The summed E-state index contributed by atoms with van der Waals surface area (Å²) in [6.07, 6.45) is 0. The van der Waals surface area contributed by atoms with Crippen molar-refractivity contribution in [2.45, 2.75) is 20.8 Å². The molecule has 1 heterocycles. The van der Waals surface area contributed by atoms with E-state index in [1.807, 2.05) is 63.2 Å². The van der Waals surface area contributed by atoms with Crippen molar-refractivity contribution in [2.75, 3.05) is 18.5 Å². The van der Waals surface area contributed by atoms with E-state index in [4.69, 9.17) is 14.0 Å². The van der Waals surface area contributed by atoms with Gasteiger partial charge in [-0.2, -0.15) is 4.98 Å². The van der Waals surface area contributed by atoms with Gasteiger partial charge in [-0.1, -0.05) is 6.07 Å². The summed E-state index contributed by atoms with van der Waals surface area (Å²) >= 11 is 0. The molecule has 0 radical (unpaired) electrons. The number of hydrogen-bond acceptors (Lipinski definition) is 6. The second-order valence-corrected chi connectivity index (χ2v) is 5.96. The number of aromatic nitrogens is 2. The number of hydrogen-bond donors (Lipinski definition) is 1. The highest BCUT2D eigenvalue weighted by Gasteiger charge is 2.12. The number of carbonyl (C=O) groups excluding carboxylic acids is 1. The molecule has 3 aromatic rings. The molecule has 0 bridgehead atoms. The van der Waals surface area contributed by atoms with Crippen molar-refractivity contribution < 1.29 is 18.8 Å². The molecular weight excluding hydrogens is 346 g/mol. The fourth-order valence-corrected chi connectivity index (χ4v) is 2.37. The van der Waals surface area contributed by atoms with Gasteiger partial charge in [0.25, 0.3) is 17.7 Å². The Hall–Kier alpha value is -3.35. The van der Waals surface area contributed by atoms with Crippen molar-refractivity contribution >= 4 is 11.9 Å². The van der Waals surface area contributed by atoms with Crippen LogP contribution in [0.3, 0.4) is 0 Å². The van der Waals surface area contributed by atoms with Crippen molar-refractivity contribution in [1.82, 2.24) is 10.1 Å². The van der Waals surface area contributed by atoms with E-state index in [9.17, 15) is 4.79 Å². The average Bonchev–Trinajstić information content (AvgIpc) is 3.12. The van der Waals surface area contributed by atoms with E-state index in [1.54, 1.807) is 0 Å². The zero-order valence-electron chi connectivity index (χ0n) is 15.5. The molecule has 7 heteroatoms. The lowest BCUT2D eigenvalue weighted by atomic mass is 10.1. The third-order valence-electron chi connectivity index (χ3n) is 3.94. The fourth-order valence-electron chi connectivity index (χ4n) is 2.37. The average molecular weight is 367 g/mol. The van der Waals surface area contributed by atoms with E-state index in [1.165, 1.54) is 5.56 Å². The van der Waals surface area contributed by atoms with Crippen LogP contribution in [0.4, 0.5) is 5.95 Å². The molecule has 27 heavy (non-hydrogen) atoms. The number of nitrogens with zero attached hydrogens (tertiary/aromatic N) is 2. The van der Waals surface area contributed by atoms with Gasteiger partial charge in [-0.3, -0.25) is 10.1 Å². The first-order valence-corrected chi connectivity index (χ1v) is 8.62. The molecule has 0 atom stereocenters. The third-order valence-corrected chi connectivity index (χ3v) is 3.94. The molecular formula is C20H21N3O4. The second-order valence-electron chi connectivity index (χ2n) is 5.96. The van der Waals surface area contributed by atoms with Gasteiger partial charge >= 0.3 is 0 Å².